The van der Waals surface area contributed by atoms with Gasteiger partial charge in [0.1, 0.15) is 5.38 Å². The van der Waals surface area contributed by atoms with Crippen molar-refractivity contribution in [2.45, 2.75) is 11.8 Å². The summed E-state index contributed by atoms with van der Waals surface area (Å²) in [7, 11) is 0. The molecule has 1 aromatic carbocycles. The molecule has 1 unspecified atom stereocenters. The minimum absolute atomic E-state index is 0.0215. The van der Waals surface area contributed by atoms with Crippen LogP contribution in [0.3, 0.4) is 0 Å². The van der Waals surface area contributed by atoms with E-state index in [-0.39, 0.29) is 17.1 Å². The fourth-order valence-electron chi connectivity index (χ4n) is 1.10. The lowest BCUT2D eigenvalue weighted by molar-refractivity contribution is -0.384. The van der Waals surface area contributed by atoms with Crippen LogP contribution in [0.4, 0.5) is 5.69 Å². The number of halogens is 2. The highest BCUT2D eigenvalue weighted by Gasteiger charge is 2.17. The van der Waals surface area contributed by atoms with Gasteiger partial charge in [-0.2, -0.15) is 0 Å². The van der Waals surface area contributed by atoms with Crippen molar-refractivity contribution in [3.05, 3.63) is 38.9 Å². The van der Waals surface area contributed by atoms with Gasteiger partial charge in [-0.15, -0.1) is 11.6 Å². The fourth-order valence-corrected chi connectivity index (χ4v) is 1.51. The van der Waals surface area contributed by atoms with Crippen molar-refractivity contribution in [1.82, 2.24) is 0 Å². The van der Waals surface area contributed by atoms with Crippen LogP contribution in [0, 0.1) is 10.1 Å². The number of rotatable bonds is 4. The molecule has 1 N–H and O–H groups in total. The van der Waals surface area contributed by atoms with Crippen LogP contribution in [0.15, 0.2) is 18.2 Å². The number of carboxylic acids is 1. The molecule has 86 valence electrons. The molecule has 0 spiro atoms. The number of non-ortho nitro benzene ring substituents is 1. The Morgan fingerprint density at radius 1 is 1.56 bits per heavy atom. The SMILES string of the molecule is O=C(O)C(Cl)Cc1ccc([N+](=O)[O-])cc1Cl. The first-order valence-electron chi connectivity index (χ1n) is 4.21. The number of nitrogens with zero attached hydrogens (tertiary/aromatic N) is 1. The average molecular weight is 264 g/mol. The number of nitro groups is 1. The maximum absolute atomic E-state index is 10.5. The predicted molar refractivity (Wildman–Crippen MR) is 59.1 cm³/mol. The molecule has 0 heterocycles. The van der Waals surface area contributed by atoms with E-state index in [1.165, 1.54) is 18.2 Å². The summed E-state index contributed by atoms with van der Waals surface area (Å²) in [5, 5.41) is 18.1. The van der Waals surface area contributed by atoms with E-state index >= 15 is 0 Å². The molecule has 16 heavy (non-hydrogen) atoms. The first kappa shape index (κ1) is 12.7. The molecular formula is C9H7Cl2NO4. The number of nitro benzene ring substituents is 1. The largest absolute Gasteiger partial charge is 0.480 e. The van der Waals surface area contributed by atoms with Crippen LogP contribution in [-0.4, -0.2) is 21.4 Å². The van der Waals surface area contributed by atoms with Crippen molar-refractivity contribution in [2.24, 2.45) is 0 Å². The summed E-state index contributed by atoms with van der Waals surface area (Å²) < 4.78 is 0. The second-order valence-corrected chi connectivity index (χ2v) is 3.98. The van der Waals surface area contributed by atoms with E-state index in [1.54, 1.807) is 0 Å². The number of carboxylic acid groups (broad SMARTS) is 1. The molecule has 0 saturated carbocycles. The smallest absolute Gasteiger partial charge is 0.321 e. The van der Waals surface area contributed by atoms with Crippen LogP contribution in [-0.2, 0) is 11.2 Å². The van der Waals surface area contributed by atoms with Gasteiger partial charge in [-0.3, -0.25) is 14.9 Å². The molecule has 1 atom stereocenters. The van der Waals surface area contributed by atoms with Crippen LogP contribution < -0.4 is 0 Å². The van der Waals surface area contributed by atoms with Crippen molar-refractivity contribution >= 4 is 34.9 Å². The van der Waals surface area contributed by atoms with E-state index in [4.69, 9.17) is 28.3 Å². The zero-order valence-corrected chi connectivity index (χ0v) is 9.40. The van der Waals surface area contributed by atoms with E-state index in [2.05, 4.69) is 0 Å². The summed E-state index contributed by atoms with van der Waals surface area (Å²) in [5.74, 6) is -1.16. The molecule has 0 bridgehead atoms. The van der Waals surface area contributed by atoms with Crippen molar-refractivity contribution < 1.29 is 14.8 Å². The van der Waals surface area contributed by atoms with E-state index in [1.807, 2.05) is 0 Å². The Morgan fingerprint density at radius 2 is 2.19 bits per heavy atom. The number of benzene rings is 1. The zero-order valence-electron chi connectivity index (χ0n) is 7.89. The van der Waals surface area contributed by atoms with Gasteiger partial charge in [0, 0.05) is 18.6 Å². The fraction of sp³-hybridized carbons (Fsp3) is 0.222. The Kier molecular flexibility index (Phi) is 4.09. The number of aliphatic carboxylic acids is 1. The standard InChI is InChI=1S/C9H7Cl2NO4/c10-7-4-6(12(15)16)2-1-5(7)3-8(11)9(13)14/h1-2,4,8H,3H2,(H,13,14). The van der Waals surface area contributed by atoms with Gasteiger partial charge >= 0.3 is 5.97 Å². The molecular weight excluding hydrogens is 257 g/mol. The molecule has 0 aliphatic rings. The Morgan fingerprint density at radius 3 is 2.62 bits per heavy atom. The molecule has 0 fully saturated rings. The molecule has 0 aliphatic carbocycles. The zero-order chi connectivity index (χ0) is 12.3. The van der Waals surface area contributed by atoms with Gasteiger partial charge < -0.3 is 5.11 Å². The molecule has 0 aliphatic heterocycles. The first-order chi connectivity index (χ1) is 7.41. The molecule has 7 heteroatoms. The maximum atomic E-state index is 10.5. The topological polar surface area (TPSA) is 80.4 Å². The summed E-state index contributed by atoms with van der Waals surface area (Å²) >= 11 is 11.3. The maximum Gasteiger partial charge on any atom is 0.321 e. The lowest BCUT2D eigenvalue weighted by Crippen LogP contribution is -2.16. The van der Waals surface area contributed by atoms with Crippen molar-refractivity contribution in [2.75, 3.05) is 0 Å². The van der Waals surface area contributed by atoms with Crippen LogP contribution >= 0.6 is 23.2 Å². The second kappa shape index (κ2) is 5.14. The Hall–Kier alpha value is -1.33. The Labute approximate surface area is 101 Å². The van der Waals surface area contributed by atoms with Gasteiger partial charge in [0.2, 0.25) is 0 Å². The second-order valence-electron chi connectivity index (χ2n) is 3.04. The number of carbonyl (C=O) groups is 1. The third kappa shape index (κ3) is 3.08. The van der Waals surface area contributed by atoms with Crippen LogP contribution in [0.1, 0.15) is 5.56 Å². The number of hydrogen-bond donors (Lipinski definition) is 1. The molecule has 0 amide bonds. The minimum atomic E-state index is -1.16. The van der Waals surface area contributed by atoms with Crippen molar-refractivity contribution in [1.29, 1.82) is 0 Å². The number of hydrogen-bond acceptors (Lipinski definition) is 3. The van der Waals surface area contributed by atoms with Crippen molar-refractivity contribution in [3.63, 3.8) is 0 Å². The molecule has 1 rings (SSSR count). The van der Waals surface area contributed by atoms with E-state index in [0.29, 0.717) is 5.56 Å². The predicted octanol–water partition coefficient (Wildman–Crippen LogP) is 2.48. The van der Waals surface area contributed by atoms with Gasteiger partial charge in [-0.25, -0.2) is 0 Å². The van der Waals surface area contributed by atoms with Crippen LogP contribution in [0.2, 0.25) is 5.02 Å². The van der Waals surface area contributed by atoms with Gasteiger partial charge in [-0.1, -0.05) is 17.7 Å². The van der Waals surface area contributed by atoms with Gasteiger partial charge in [-0.05, 0) is 5.56 Å². The van der Waals surface area contributed by atoms with Gasteiger partial charge in [0.15, 0.2) is 0 Å². The van der Waals surface area contributed by atoms with E-state index < -0.39 is 16.3 Å². The van der Waals surface area contributed by atoms with E-state index in [9.17, 15) is 14.9 Å². The average Bonchev–Trinajstić information content (AvgIpc) is 2.20. The molecule has 0 radical (unpaired) electrons. The van der Waals surface area contributed by atoms with Crippen LogP contribution in [0.25, 0.3) is 0 Å². The lowest BCUT2D eigenvalue weighted by atomic mass is 10.1. The third-order valence-electron chi connectivity index (χ3n) is 1.91. The molecule has 5 nitrogen and oxygen atoms in total. The highest BCUT2D eigenvalue weighted by Crippen LogP contribution is 2.24. The van der Waals surface area contributed by atoms with Crippen molar-refractivity contribution in [3.8, 4) is 0 Å². The lowest BCUT2D eigenvalue weighted by Gasteiger charge is -2.06. The quantitative estimate of drug-likeness (QED) is 0.514. The highest BCUT2D eigenvalue weighted by atomic mass is 35.5. The summed E-state index contributed by atoms with van der Waals surface area (Å²) in [5.41, 5.74) is 0.324. The summed E-state index contributed by atoms with van der Waals surface area (Å²) in [6.45, 7) is 0. The van der Waals surface area contributed by atoms with Gasteiger partial charge in [0.25, 0.3) is 5.69 Å². The normalized spacial score (nSPS) is 12.1. The molecule has 0 saturated heterocycles. The monoisotopic (exact) mass is 263 g/mol. The van der Waals surface area contributed by atoms with Crippen LogP contribution in [0.5, 0.6) is 0 Å². The molecule has 1 aromatic rings. The van der Waals surface area contributed by atoms with E-state index in [0.717, 1.165) is 0 Å². The Balaban J connectivity index is 2.91. The summed E-state index contributed by atoms with van der Waals surface area (Å²) in [4.78, 5) is 20.4. The number of alkyl halides is 1. The third-order valence-corrected chi connectivity index (χ3v) is 2.61. The summed E-state index contributed by atoms with van der Waals surface area (Å²) in [6, 6.07) is 3.83. The van der Waals surface area contributed by atoms with Gasteiger partial charge in [0.05, 0.1) is 9.95 Å². The summed E-state index contributed by atoms with van der Waals surface area (Å²) in [6.07, 6.45) is 0.0215. The highest BCUT2D eigenvalue weighted by molar-refractivity contribution is 6.32. The Bertz CT molecular complexity index is 436. The minimum Gasteiger partial charge on any atom is -0.480 e. The first-order valence-corrected chi connectivity index (χ1v) is 5.03. The molecule has 0 aromatic heterocycles.